The average Bonchev–Trinajstić information content (AvgIpc) is 2.98. The number of hydrogen-bond donors (Lipinski definition) is 4. The van der Waals surface area contributed by atoms with E-state index in [4.69, 9.17) is 22.1 Å². The second kappa shape index (κ2) is 13.8. The summed E-state index contributed by atoms with van der Waals surface area (Å²) in [4.78, 5) is 42.8. The molecule has 2 aromatic carbocycles. The molecule has 1 aliphatic rings. The van der Waals surface area contributed by atoms with Crippen LogP contribution in [0.15, 0.2) is 48.7 Å². The van der Waals surface area contributed by atoms with Crippen LogP contribution in [-0.4, -0.2) is 48.1 Å². The summed E-state index contributed by atoms with van der Waals surface area (Å²) in [5.74, 6) is -4.52. The van der Waals surface area contributed by atoms with Crippen molar-refractivity contribution in [3.8, 4) is 11.5 Å². The maximum atomic E-state index is 13.8. The van der Waals surface area contributed by atoms with Gasteiger partial charge in [-0.1, -0.05) is 30.7 Å². The van der Waals surface area contributed by atoms with E-state index >= 15 is 0 Å². The number of nitrogens with zero attached hydrogens (tertiary/aromatic N) is 1. The van der Waals surface area contributed by atoms with Gasteiger partial charge >= 0.3 is 12.1 Å². The lowest BCUT2D eigenvalue weighted by atomic mass is 9.98. The Hall–Kier alpha value is -4.20. The number of benzene rings is 2. The second-order valence-corrected chi connectivity index (χ2v) is 9.98. The van der Waals surface area contributed by atoms with Crippen LogP contribution >= 0.6 is 11.6 Å². The maximum absolute atomic E-state index is 13.8. The van der Waals surface area contributed by atoms with E-state index in [1.807, 2.05) is 6.92 Å². The number of carbonyl (C=O) groups excluding carboxylic acids is 3. The molecule has 2 heterocycles. The molecule has 1 aromatic heterocycles. The third-order valence-electron chi connectivity index (χ3n) is 6.66. The average molecular weight is 620 g/mol. The third kappa shape index (κ3) is 7.80. The molecule has 0 bridgehead atoms. The number of halogens is 4. The molecule has 1 aliphatic heterocycles. The van der Waals surface area contributed by atoms with Gasteiger partial charge in [0.15, 0.2) is 5.75 Å². The number of hydrogen-bond acceptors (Lipinski definition) is 8. The number of esters is 1. The number of nitrogens with one attached hydrogen (secondary N) is 3. The Morgan fingerprint density at radius 1 is 1.05 bits per heavy atom. The van der Waals surface area contributed by atoms with Crippen LogP contribution in [0.25, 0.3) is 0 Å². The van der Waals surface area contributed by atoms with Crippen LogP contribution in [0.3, 0.4) is 0 Å². The summed E-state index contributed by atoms with van der Waals surface area (Å²) >= 11 is 5.84. The van der Waals surface area contributed by atoms with Crippen LogP contribution in [0.5, 0.6) is 11.5 Å². The van der Waals surface area contributed by atoms with Gasteiger partial charge in [-0.15, -0.1) is 0 Å². The lowest BCUT2D eigenvalue weighted by Gasteiger charge is -2.27. The fourth-order valence-electron chi connectivity index (χ4n) is 4.55. The number of pyridine rings is 1. The Morgan fingerprint density at radius 2 is 1.77 bits per heavy atom. The summed E-state index contributed by atoms with van der Waals surface area (Å²) in [6.07, 6.45) is -2.39. The molecular weight excluding hydrogens is 591 g/mol. The summed E-state index contributed by atoms with van der Waals surface area (Å²) in [7, 11) is 0. The van der Waals surface area contributed by atoms with Crippen molar-refractivity contribution in [3.63, 3.8) is 0 Å². The number of alkyl halides is 3. The molecule has 0 unspecified atom stereocenters. The summed E-state index contributed by atoms with van der Waals surface area (Å²) in [6, 6.07) is 9.50. The predicted molar refractivity (Wildman–Crippen MR) is 154 cm³/mol. The Labute approximate surface area is 250 Å². The van der Waals surface area contributed by atoms with Crippen LogP contribution in [0.2, 0.25) is 5.02 Å². The van der Waals surface area contributed by atoms with Gasteiger partial charge in [0.1, 0.15) is 17.7 Å². The highest BCUT2D eigenvalue weighted by atomic mass is 35.5. The number of para-hydroxylation sites is 1. The molecule has 0 aliphatic carbocycles. The maximum Gasteiger partial charge on any atom is 0.491 e. The molecule has 14 heteroatoms. The van der Waals surface area contributed by atoms with Crippen LogP contribution < -0.4 is 31.2 Å². The fourth-order valence-corrected chi connectivity index (χ4v) is 4.66. The summed E-state index contributed by atoms with van der Waals surface area (Å²) in [6.45, 7) is 3.52. The van der Waals surface area contributed by atoms with Gasteiger partial charge in [0.25, 0.3) is 11.8 Å². The Balaban J connectivity index is 1.75. The predicted octanol–water partition coefficient (Wildman–Crippen LogP) is 4.86. The van der Waals surface area contributed by atoms with Gasteiger partial charge in [0.05, 0.1) is 21.8 Å². The van der Waals surface area contributed by atoms with E-state index in [1.54, 1.807) is 6.07 Å². The third-order valence-corrected chi connectivity index (χ3v) is 6.88. The van der Waals surface area contributed by atoms with Crippen molar-refractivity contribution >= 4 is 40.9 Å². The molecule has 5 N–H and O–H groups in total. The number of amides is 2. The van der Waals surface area contributed by atoms with Crippen LogP contribution in [0.4, 0.5) is 24.7 Å². The van der Waals surface area contributed by atoms with Crippen molar-refractivity contribution in [2.75, 3.05) is 23.7 Å². The lowest BCUT2D eigenvalue weighted by Crippen LogP contribution is -2.35. The van der Waals surface area contributed by atoms with Crippen molar-refractivity contribution < 1.29 is 37.0 Å². The number of piperidine rings is 1. The summed E-state index contributed by atoms with van der Waals surface area (Å²) in [5, 5.41) is 8.51. The highest BCUT2D eigenvalue weighted by Gasteiger charge is 2.42. The molecule has 4 rings (SSSR count). The minimum atomic E-state index is -5.34. The van der Waals surface area contributed by atoms with E-state index in [1.165, 1.54) is 36.5 Å². The van der Waals surface area contributed by atoms with E-state index < -0.39 is 35.4 Å². The number of anilines is 2. The van der Waals surface area contributed by atoms with Gasteiger partial charge in [-0.3, -0.25) is 9.59 Å². The molecule has 228 valence electrons. The summed E-state index contributed by atoms with van der Waals surface area (Å²) < 4.78 is 50.3. The first kappa shape index (κ1) is 31.7. The molecule has 0 radical (unpaired) electrons. The Morgan fingerprint density at radius 3 is 2.40 bits per heavy atom. The number of nitrogens with two attached hydrogens (primary N) is 1. The quantitative estimate of drug-likeness (QED) is 0.196. The molecule has 10 nitrogen and oxygen atoms in total. The topological polar surface area (TPSA) is 145 Å². The zero-order chi connectivity index (χ0) is 31.1. The van der Waals surface area contributed by atoms with Crippen molar-refractivity contribution in [2.24, 2.45) is 5.73 Å². The van der Waals surface area contributed by atoms with Crippen LogP contribution in [0.1, 0.15) is 51.6 Å². The standard InChI is InChI=1S/C29H29ClF3N5O5/c1-2-19-16(14-34)6-8-21(25(19)42-18-10-12-35-13-11-18)27(40)38-24-20(26(39)37-23-9-7-17(30)15-36-23)4-3-5-22(24)43-28(41)29(31,32)33/h3-9,15,18,35H,2,10-14,34H2,1H3,(H,38,40)(H,36,37,39). The first-order valence-electron chi connectivity index (χ1n) is 13.4. The van der Waals surface area contributed by atoms with Gasteiger partial charge in [-0.2, -0.15) is 13.2 Å². The molecule has 43 heavy (non-hydrogen) atoms. The van der Waals surface area contributed by atoms with E-state index in [0.717, 1.165) is 24.7 Å². The van der Waals surface area contributed by atoms with E-state index in [0.29, 0.717) is 29.8 Å². The molecule has 1 saturated heterocycles. The molecular formula is C29H29ClF3N5O5. The monoisotopic (exact) mass is 619 g/mol. The highest BCUT2D eigenvalue weighted by Crippen LogP contribution is 2.35. The van der Waals surface area contributed by atoms with Gasteiger partial charge in [0.2, 0.25) is 0 Å². The largest absolute Gasteiger partial charge is 0.491 e. The molecule has 0 saturated carbocycles. The number of rotatable bonds is 9. The molecule has 0 spiro atoms. The summed E-state index contributed by atoms with van der Waals surface area (Å²) in [5.41, 5.74) is 6.71. The first-order valence-corrected chi connectivity index (χ1v) is 13.8. The van der Waals surface area contributed by atoms with Gasteiger partial charge < -0.3 is 31.2 Å². The first-order chi connectivity index (χ1) is 20.5. The fraction of sp³-hybridized carbons (Fsp3) is 0.310. The molecule has 3 aromatic rings. The zero-order valence-corrected chi connectivity index (χ0v) is 23.8. The number of ether oxygens (including phenoxy) is 2. The Bertz CT molecular complexity index is 1500. The van der Waals surface area contributed by atoms with Crippen molar-refractivity contribution in [3.05, 3.63) is 75.9 Å². The van der Waals surface area contributed by atoms with E-state index in [2.05, 4.69) is 25.7 Å². The van der Waals surface area contributed by atoms with Crippen molar-refractivity contribution in [1.82, 2.24) is 10.3 Å². The SMILES string of the molecule is CCc1c(CN)ccc(C(=O)Nc2c(OC(=O)C(F)(F)F)cccc2C(=O)Nc2ccc(Cl)cn2)c1OC1CCNCC1. The molecule has 0 atom stereocenters. The van der Waals surface area contributed by atoms with Gasteiger partial charge in [-0.05, 0) is 73.8 Å². The minimum Gasteiger partial charge on any atom is -0.489 e. The van der Waals surface area contributed by atoms with E-state index in [-0.39, 0.29) is 35.3 Å². The molecule has 1 fully saturated rings. The molecule has 2 amide bonds. The van der Waals surface area contributed by atoms with Crippen molar-refractivity contribution in [2.45, 2.75) is 45.0 Å². The number of aromatic nitrogens is 1. The van der Waals surface area contributed by atoms with Gasteiger partial charge in [0, 0.05) is 12.7 Å². The van der Waals surface area contributed by atoms with E-state index in [9.17, 15) is 27.6 Å². The Kier molecular flexibility index (Phi) is 10.2. The van der Waals surface area contributed by atoms with Crippen molar-refractivity contribution in [1.29, 1.82) is 0 Å². The van der Waals surface area contributed by atoms with Gasteiger partial charge in [-0.25, -0.2) is 9.78 Å². The normalized spacial score (nSPS) is 13.7. The lowest BCUT2D eigenvalue weighted by molar-refractivity contribution is -0.189. The second-order valence-electron chi connectivity index (χ2n) is 9.54. The number of carbonyl (C=O) groups is 3. The van der Waals surface area contributed by atoms with Crippen LogP contribution in [0, 0.1) is 0 Å². The zero-order valence-electron chi connectivity index (χ0n) is 23.0. The minimum absolute atomic E-state index is 0.0651. The van der Waals surface area contributed by atoms with Crippen LogP contribution in [-0.2, 0) is 17.8 Å². The highest BCUT2D eigenvalue weighted by molar-refractivity contribution is 6.30. The smallest absolute Gasteiger partial charge is 0.489 e.